The van der Waals surface area contributed by atoms with Crippen LogP contribution in [0, 0.1) is 0 Å². The molecule has 0 saturated carbocycles. The summed E-state index contributed by atoms with van der Waals surface area (Å²) in [6.07, 6.45) is 1.10. The predicted octanol–water partition coefficient (Wildman–Crippen LogP) is 2.98. The van der Waals surface area contributed by atoms with E-state index in [1.54, 1.807) is 7.11 Å². The summed E-state index contributed by atoms with van der Waals surface area (Å²) in [5, 5.41) is 8.68. The van der Waals surface area contributed by atoms with E-state index in [2.05, 4.69) is 0 Å². The second-order valence-electron chi connectivity index (χ2n) is 8.01. The van der Waals surface area contributed by atoms with Gasteiger partial charge in [0.15, 0.2) is 0 Å². The first kappa shape index (κ1) is 28.9. The number of hydrogen-bond donors (Lipinski definition) is 2. The smallest absolute Gasteiger partial charge is 0.313 e. The highest BCUT2D eigenvalue weighted by Crippen LogP contribution is 2.26. The standard InChI is InChI=1S/C27H39NO7/c1-31-21-26(34-19-18-33-17-16-32-15-14-29)24-11-9-23(10-12-24)25(8-5-13-28)27(30)35-20-22-6-3-2-4-7-22/h2-4,6-7,9-12,25-26,29H,5,8,13-21,28H2,1H3. The zero-order valence-corrected chi connectivity index (χ0v) is 20.6. The molecule has 0 aliphatic carbocycles. The number of aliphatic hydroxyl groups excluding tert-OH is 1. The normalized spacial score (nSPS) is 12.9. The average molecular weight is 490 g/mol. The van der Waals surface area contributed by atoms with Crippen molar-refractivity contribution in [2.75, 3.05) is 59.9 Å². The van der Waals surface area contributed by atoms with Crippen LogP contribution < -0.4 is 5.73 Å². The molecule has 0 aliphatic rings. The number of hydrogen-bond acceptors (Lipinski definition) is 8. The number of carbonyl (C=O) groups excluding carboxylic acids is 1. The monoisotopic (exact) mass is 489 g/mol. The van der Waals surface area contributed by atoms with Crippen molar-refractivity contribution in [3.8, 4) is 0 Å². The van der Waals surface area contributed by atoms with E-state index in [0.717, 1.165) is 23.1 Å². The van der Waals surface area contributed by atoms with Gasteiger partial charge in [0, 0.05) is 7.11 Å². The number of esters is 1. The predicted molar refractivity (Wildman–Crippen MR) is 133 cm³/mol. The summed E-state index contributed by atoms with van der Waals surface area (Å²) in [5.74, 6) is -0.626. The van der Waals surface area contributed by atoms with Gasteiger partial charge < -0.3 is 34.5 Å². The molecule has 3 N–H and O–H groups in total. The first-order chi connectivity index (χ1) is 17.2. The molecule has 0 aromatic heterocycles. The van der Waals surface area contributed by atoms with E-state index >= 15 is 0 Å². The van der Waals surface area contributed by atoms with Gasteiger partial charge >= 0.3 is 5.97 Å². The summed E-state index contributed by atoms with van der Waals surface area (Å²) in [6.45, 7) is 3.17. The van der Waals surface area contributed by atoms with Crippen molar-refractivity contribution in [1.29, 1.82) is 0 Å². The van der Waals surface area contributed by atoms with Crippen LogP contribution in [0.3, 0.4) is 0 Å². The molecule has 0 spiro atoms. The van der Waals surface area contributed by atoms with Gasteiger partial charge in [-0.05, 0) is 36.1 Å². The Hall–Kier alpha value is -2.33. The third kappa shape index (κ3) is 11.3. The van der Waals surface area contributed by atoms with Gasteiger partial charge in [-0.2, -0.15) is 0 Å². The number of benzene rings is 2. The molecule has 2 unspecified atom stereocenters. The fourth-order valence-corrected chi connectivity index (χ4v) is 3.54. The highest BCUT2D eigenvalue weighted by molar-refractivity contribution is 5.78. The molecule has 0 saturated heterocycles. The maximum Gasteiger partial charge on any atom is 0.313 e. The summed E-state index contributed by atoms with van der Waals surface area (Å²) < 4.78 is 27.5. The van der Waals surface area contributed by atoms with Crippen LogP contribution in [0.15, 0.2) is 54.6 Å². The summed E-state index contributed by atoms with van der Waals surface area (Å²) >= 11 is 0. The lowest BCUT2D eigenvalue weighted by Gasteiger charge is -2.20. The van der Waals surface area contributed by atoms with E-state index < -0.39 is 0 Å². The highest BCUT2D eigenvalue weighted by atomic mass is 16.6. The molecule has 0 bridgehead atoms. The minimum Gasteiger partial charge on any atom is -0.460 e. The molecule has 35 heavy (non-hydrogen) atoms. The molecule has 2 aromatic rings. The van der Waals surface area contributed by atoms with Gasteiger partial charge in [0.1, 0.15) is 12.7 Å². The number of aliphatic hydroxyl groups is 1. The van der Waals surface area contributed by atoms with Crippen molar-refractivity contribution in [3.05, 3.63) is 71.3 Å². The Morgan fingerprint density at radius 3 is 2.23 bits per heavy atom. The summed E-state index contributed by atoms with van der Waals surface area (Å²) in [4.78, 5) is 12.9. The van der Waals surface area contributed by atoms with E-state index in [-0.39, 0.29) is 31.2 Å². The molecule has 0 radical (unpaired) electrons. The van der Waals surface area contributed by atoms with Crippen molar-refractivity contribution >= 4 is 5.97 Å². The maximum absolute atomic E-state index is 12.9. The molecule has 0 aliphatic heterocycles. The van der Waals surface area contributed by atoms with E-state index in [1.165, 1.54) is 0 Å². The largest absolute Gasteiger partial charge is 0.460 e. The van der Waals surface area contributed by atoms with Crippen molar-refractivity contribution in [1.82, 2.24) is 0 Å². The molecule has 2 aromatic carbocycles. The van der Waals surface area contributed by atoms with Crippen LogP contribution in [0.4, 0.5) is 0 Å². The average Bonchev–Trinajstić information content (AvgIpc) is 2.89. The fourth-order valence-electron chi connectivity index (χ4n) is 3.54. The molecule has 0 heterocycles. The third-order valence-electron chi connectivity index (χ3n) is 5.39. The third-order valence-corrected chi connectivity index (χ3v) is 5.39. The summed E-state index contributed by atoms with van der Waals surface area (Å²) in [5.41, 5.74) is 8.51. The van der Waals surface area contributed by atoms with Crippen molar-refractivity contribution in [2.45, 2.75) is 31.5 Å². The Labute approximate surface area is 208 Å². The molecule has 8 nitrogen and oxygen atoms in total. The number of nitrogens with two attached hydrogens (primary N) is 1. The van der Waals surface area contributed by atoms with Crippen LogP contribution in [-0.4, -0.2) is 71.0 Å². The highest BCUT2D eigenvalue weighted by Gasteiger charge is 2.22. The minimum absolute atomic E-state index is 0.00321. The van der Waals surface area contributed by atoms with Crippen LogP contribution in [0.2, 0.25) is 0 Å². The minimum atomic E-state index is -0.375. The van der Waals surface area contributed by atoms with Gasteiger partial charge in [-0.1, -0.05) is 54.6 Å². The zero-order chi connectivity index (χ0) is 25.1. The van der Waals surface area contributed by atoms with Crippen molar-refractivity contribution < 1.29 is 33.6 Å². The van der Waals surface area contributed by atoms with Crippen LogP contribution in [-0.2, 0) is 35.1 Å². The lowest BCUT2D eigenvalue weighted by Crippen LogP contribution is -2.18. The van der Waals surface area contributed by atoms with Crippen LogP contribution in [0.5, 0.6) is 0 Å². The topological polar surface area (TPSA) is 109 Å². The number of carbonyl (C=O) groups is 1. The van der Waals surface area contributed by atoms with Gasteiger partial charge in [-0.25, -0.2) is 0 Å². The van der Waals surface area contributed by atoms with Gasteiger partial charge in [-0.15, -0.1) is 0 Å². The molecular weight excluding hydrogens is 450 g/mol. The van der Waals surface area contributed by atoms with Crippen molar-refractivity contribution in [2.24, 2.45) is 5.73 Å². The molecule has 2 atom stereocenters. The van der Waals surface area contributed by atoms with E-state index in [9.17, 15) is 4.79 Å². The van der Waals surface area contributed by atoms with Crippen molar-refractivity contribution in [3.63, 3.8) is 0 Å². The second kappa shape index (κ2) is 18.0. The molecule has 8 heteroatoms. The van der Waals surface area contributed by atoms with Gasteiger partial charge in [0.2, 0.25) is 0 Å². The Morgan fingerprint density at radius 2 is 1.57 bits per heavy atom. The molecule has 0 fully saturated rings. The van der Waals surface area contributed by atoms with Crippen LogP contribution >= 0.6 is 0 Å². The van der Waals surface area contributed by atoms with E-state index in [0.29, 0.717) is 52.6 Å². The van der Waals surface area contributed by atoms with E-state index in [4.69, 9.17) is 34.5 Å². The first-order valence-electron chi connectivity index (χ1n) is 12.1. The SMILES string of the molecule is COCC(OCCOCCOCCO)c1ccc(C(CCCN)C(=O)OCc2ccccc2)cc1. The maximum atomic E-state index is 12.9. The number of ether oxygens (including phenoxy) is 5. The summed E-state index contributed by atoms with van der Waals surface area (Å²) in [7, 11) is 1.63. The Morgan fingerprint density at radius 1 is 0.914 bits per heavy atom. The Kier molecular flexibility index (Phi) is 14.9. The first-order valence-corrected chi connectivity index (χ1v) is 12.1. The Balaban J connectivity index is 1.92. The van der Waals surface area contributed by atoms with Gasteiger partial charge in [-0.3, -0.25) is 4.79 Å². The molecule has 0 amide bonds. The fraction of sp³-hybridized carbons (Fsp3) is 0.519. The lowest BCUT2D eigenvalue weighted by molar-refractivity contribution is -0.147. The Bertz CT molecular complexity index is 801. The van der Waals surface area contributed by atoms with Gasteiger partial charge in [0.25, 0.3) is 0 Å². The lowest BCUT2D eigenvalue weighted by atomic mass is 9.93. The number of methoxy groups -OCH3 is 1. The molecular formula is C27H39NO7. The number of rotatable bonds is 19. The molecule has 194 valence electrons. The zero-order valence-electron chi connectivity index (χ0n) is 20.6. The van der Waals surface area contributed by atoms with Gasteiger partial charge in [0.05, 0.1) is 52.2 Å². The second-order valence-corrected chi connectivity index (χ2v) is 8.01. The quantitative estimate of drug-likeness (QED) is 0.229. The van der Waals surface area contributed by atoms with E-state index in [1.807, 2.05) is 54.6 Å². The summed E-state index contributed by atoms with van der Waals surface area (Å²) in [6, 6.07) is 17.5. The molecule has 2 rings (SSSR count). The van der Waals surface area contributed by atoms with Crippen LogP contribution in [0.1, 0.15) is 41.6 Å². The van der Waals surface area contributed by atoms with Crippen LogP contribution in [0.25, 0.3) is 0 Å².